The Kier molecular flexibility index (Phi) is 5.70. The molecule has 1 N–H and O–H groups in total. The summed E-state index contributed by atoms with van der Waals surface area (Å²) in [5, 5.41) is 10.5. The first-order valence-corrected chi connectivity index (χ1v) is 9.57. The molecule has 4 rings (SSSR count). The van der Waals surface area contributed by atoms with Crippen LogP contribution in [0.5, 0.6) is 0 Å². The molecule has 0 aliphatic carbocycles. The zero-order valence-corrected chi connectivity index (χ0v) is 16.3. The lowest BCUT2D eigenvalue weighted by Crippen LogP contribution is -2.31. The molecule has 0 bridgehead atoms. The Hall–Kier alpha value is -3.69. The third-order valence-corrected chi connectivity index (χ3v) is 5.00. The van der Waals surface area contributed by atoms with Crippen LogP contribution in [0, 0.1) is 23.4 Å². The Morgan fingerprint density at radius 3 is 2.61 bits per heavy atom. The summed E-state index contributed by atoms with van der Waals surface area (Å²) in [7, 11) is 0. The summed E-state index contributed by atoms with van der Waals surface area (Å²) >= 11 is 0. The molecular formula is C21H18F3N5O2. The van der Waals surface area contributed by atoms with Gasteiger partial charge in [-0.3, -0.25) is 9.59 Å². The molecule has 10 heteroatoms. The van der Waals surface area contributed by atoms with E-state index in [9.17, 15) is 22.8 Å². The fourth-order valence-electron chi connectivity index (χ4n) is 3.40. The van der Waals surface area contributed by atoms with E-state index in [0.29, 0.717) is 6.54 Å². The number of aromatic nitrogens is 3. The maximum absolute atomic E-state index is 13.5. The average molecular weight is 429 g/mol. The van der Waals surface area contributed by atoms with Crippen molar-refractivity contribution < 1.29 is 22.8 Å². The molecule has 3 aromatic rings. The first-order valence-electron chi connectivity index (χ1n) is 9.57. The fraction of sp³-hybridized carbons (Fsp3) is 0.238. The van der Waals surface area contributed by atoms with Crippen molar-refractivity contribution in [1.82, 2.24) is 20.3 Å². The monoisotopic (exact) mass is 429 g/mol. The maximum Gasteiger partial charge on any atom is 0.273 e. The molecule has 0 spiro atoms. The van der Waals surface area contributed by atoms with Crippen LogP contribution in [0.2, 0.25) is 0 Å². The van der Waals surface area contributed by atoms with Crippen molar-refractivity contribution >= 4 is 17.5 Å². The van der Waals surface area contributed by atoms with E-state index in [1.165, 1.54) is 34.0 Å². The first kappa shape index (κ1) is 20.6. The minimum absolute atomic E-state index is 0.115. The minimum atomic E-state index is -1.02. The SMILES string of the molecule is O=C(NCC1CC(=O)N(c2ccc(F)c(F)c2)C1)c1cn(Cc2ccc(F)cc2)nn1. The average Bonchev–Trinajstić information content (AvgIpc) is 3.36. The minimum Gasteiger partial charge on any atom is -0.350 e. The van der Waals surface area contributed by atoms with E-state index in [2.05, 4.69) is 15.6 Å². The summed E-state index contributed by atoms with van der Waals surface area (Å²) < 4.78 is 41.0. The quantitative estimate of drug-likeness (QED) is 0.653. The predicted molar refractivity (Wildman–Crippen MR) is 105 cm³/mol. The van der Waals surface area contributed by atoms with Crippen molar-refractivity contribution in [1.29, 1.82) is 0 Å². The van der Waals surface area contributed by atoms with Crippen molar-refractivity contribution in [3.63, 3.8) is 0 Å². The molecule has 0 saturated carbocycles. The summed E-state index contributed by atoms with van der Waals surface area (Å²) in [5.74, 6) is -3.19. The molecular weight excluding hydrogens is 411 g/mol. The van der Waals surface area contributed by atoms with Gasteiger partial charge in [0.05, 0.1) is 12.7 Å². The van der Waals surface area contributed by atoms with E-state index >= 15 is 0 Å². The van der Waals surface area contributed by atoms with Gasteiger partial charge in [-0.25, -0.2) is 17.9 Å². The second kappa shape index (κ2) is 8.58. The van der Waals surface area contributed by atoms with Gasteiger partial charge < -0.3 is 10.2 Å². The van der Waals surface area contributed by atoms with E-state index < -0.39 is 17.5 Å². The molecule has 1 saturated heterocycles. The van der Waals surface area contributed by atoms with Gasteiger partial charge in [0.25, 0.3) is 5.91 Å². The number of benzene rings is 2. The second-order valence-corrected chi connectivity index (χ2v) is 7.31. The maximum atomic E-state index is 13.5. The number of nitrogens with one attached hydrogen (secondary N) is 1. The molecule has 0 radical (unpaired) electrons. The Morgan fingerprint density at radius 1 is 1.10 bits per heavy atom. The Balaban J connectivity index is 1.32. The smallest absolute Gasteiger partial charge is 0.273 e. The van der Waals surface area contributed by atoms with Crippen molar-refractivity contribution in [3.05, 3.63) is 77.4 Å². The molecule has 7 nitrogen and oxygen atoms in total. The number of anilines is 1. The van der Waals surface area contributed by atoms with Crippen LogP contribution < -0.4 is 10.2 Å². The van der Waals surface area contributed by atoms with Crippen LogP contribution in [0.4, 0.5) is 18.9 Å². The summed E-state index contributed by atoms with van der Waals surface area (Å²) in [4.78, 5) is 26.0. The zero-order chi connectivity index (χ0) is 22.0. The Morgan fingerprint density at radius 2 is 1.87 bits per heavy atom. The molecule has 1 aliphatic heterocycles. The Labute approximate surface area is 175 Å². The van der Waals surface area contributed by atoms with Crippen LogP contribution in [0.3, 0.4) is 0 Å². The summed E-state index contributed by atoms with van der Waals surface area (Å²) in [6.07, 6.45) is 1.66. The normalized spacial score (nSPS) is 16.0. The first-order chi connectivity index (χ1) is 14.9. The number of carbonyl (C=O) groups is 2. The van der Waals surface area contributed by atoms with Gasteiger partial charge in [0.15, 0.2) is 17.3 Å². The molecule has 1 aromatic heterocycles. The lowest BCUT2D eigenvalue weighted by Gasteiger charge is -2.17. The van der Waals surface area contributed by atoms with E-state index in [-0.39, 0.29) is 48.5 Å². The molecule has 1 atom stereocenters. The number of carbonyl (C=O) groups excluding carboxylic acids is 2. The van der Waals surface area contributed by atoms with Crippen LogP contribution in [-0.4, -0.2) is 39.9 Å². The second-order valence-electron chi connectivity index (χ2n) is 7.31. The van der Waals surface area contributed by atoms with Gasteiger partial charge in [-0.15, -0.1) is 5.10 Å². The fourth-order valence-corrected chi connectivity index (χ4v) is 3.40. The molecule has 1 fully saturated rings. The lowest BCUT2D eigenvalue weighted by atomic mass is 10.1. The highest BCUT2D eigenvalue weighted by Gasteiger charge is 2.31. The van der Waals surface area contributed by atoms with Crippen LogP contribution in [0.15, 0.2) is 48.7 Å². The number of rotatable bonds is 6. The van der Waals surface area contributed by atoms with Gasteiger partial charge in [0.1, 0.15) is 5.82 Å². The van der Waals surface area contributed by atoms with Crippen LogP contribution in [0.25, 0.3) is 0 Å². The molecule has 160 valence electrons. The van der Waals surface area contributed by atoms with Gasteiger partial charge in [-0.2, -0.15) is 0 Å². The van der Waals surface area contributed by atoms with Gasteiger partial charge >= 0.3 is 0 Å². The molecule has 2 heterocycles. The lowest BCUT2D eigenvalue weighted by molar-refractivity contribution is -0.117. The largest absolute Gasteiger partial charge is 0.350 e. The number of nitrogens with zero attached hydrogens (tertiary/aromatic N) is 4. The summed E-state index contributed by atoms with van der Waals surface area (Å²) in [5.41, 5.74) is 1.20. The van der Waals surface area contributed by atoms with Crippen LogP contribution in [-0.2, 0) is 11.3 Å². The van der Waals surface area contributed by atoms with E-state index in [1.807, 2.05) is 0 Å². The van der Waals surface area contributed by atoms with Crippen molar-refractivity contribution in [2.45, 2.75) is 13.0 Å². The van der Waals surface area contributed by atoms with E-state index in [1.54, 1.807) is 12.1 Å². The van der Waals surface area contributed by atoms with Crippen molar-refractivity contribution in [2.24, 2.45) is 5.92 Å². The molecule has 1 aliphatic rings. The topological polar surface area (TPSA) is 80.1 Å². The van der Waals surface area contributed by atoms with E-state index in [0.717, 1.165) is 17.7 Å². The van der Waals surface area contributed by atoms with E-state index in [4.69, 9.17) is 0 Å². The highest BCUT2D eigenvalue weighted by molar-refractivity contribution is 5.96. The molecule has 1 unspecified atom stereocenters. The zero-order valence-electron chi connectivity index (χ0n) is 16.3. The number of hydrogen-bond donors (Lipinski definition) is 1. The molecule has 2 amide bonds. The standard InChI is InChI=1S/C21H18F3N5O2/c22-15-3-1-13(2-4-15)10-28-12-19(26-27-28)21(31)25-9-14-7-20(30)29(11-14)16-5-6-17(23)18(24)8-16/h1-6,8,12,14H,7,9-11H2,(H,25,31). The summed E-state index contributed by atoms with van der Waals surface area (Å²) in [6, 6.07) is 9.21. The molecule has 2 aromatic carbocycles. The van der Waals surface area contributed by atoms with Gasteiger partial charge in [0, 0.05) is 37.2 Å². The number of hydrogen-bond acceptors (Lipinski definition) is 4. The van der Waals surface area contributed by atoms with Crippen molar-refractivity contribution in [3.8, 4) is 0 Å². The highest BCUT2D eigenvalue weighted by atomic mass is 19.2. The number of halogens is 3. The number of amides is 2. The molecule has 31 heavy (non-hydrogen) atoms. The summed E-state index contributed by atoms with van der Waals surface area (Å²) in [6.45, 7) is 0.831. The Bertz CT molecular complexity index is 1120. The van der Waals surface area contributed by atoms with Crippen molar-refractivity contribution in [2.75, 3.05) is 18.0 Å². The van der Waals surface area contributed by atoms with Gasteiger partial charge in [-0.1, -0.05) is 17.3 Å². The van der Waals surface area contributed by atoms with Gasteiger partial charge in [0.2, 0.25) is 5.91 Å². The third kappa shape index (κ3) is 4.73. The highest BCUT2D eigenvalue weighted by Crippen LogP contribution is 2.26. The predicted octanol–water partition coefficient (Wildman–Crippen LogP) is 2.53. The van der Waals surface area contributed by atoms with Gasteiger partial charge in [-0.05, 0) is 29.8 Å². The van der Waals surface area contributed by atoms with Crippen LogP contribution in [0.1, 0.15) is 22.5 Å². The van der Waals surface area contributed by atoms with Crippen LogP contribution >= 0.6 is 0 Å². The third-order valence-electron chi connectivity index (χ3n) is 5.00.